The standard InChI is InChI=1S/C12H8/c1-2-4-6-8-10-12-11-9-7-5-3-1/h1-6,11-12H/b2-1-,3-1?,4-2?,5-3+,6-4+,12-11+. The summed E-state index contributed by atoms with van der Waals surface area (Å²) in [5.41, 5.74) is 0. The molecule has 12 heavy (non-hydrogen) atoms. The van der Waals surface area contributed by atoms with Gasteiger partial charge in [0.1, 0.15) is 0 Å². The molecule has 0 bridgehead atoms. The molecule has 0 heterocycles. The molecule has 0 aromatic heterocycles. The molecular formula is C12H8. The Kier molecular flexibility index (Phi) is 3.98. The topological polar surface area (TPSA) is 0 Å². The molecule has 0 N–H and O–H groups in total. The van der Waals surface area contributed by atoms with Gasteiger partial charge in [-0.3, -0.25) is 0 Å². The van der Waals surface area contributed by atoms with Crippen LogP contribution in [0, 0.1) is 23.7 Å². The Morgan fingerprint density at radius 1 is 0.417 bits per heavy atom. The average Bonchev–Trinajstić information content (AvgIpc) is 2.05. The Labute approximate surface area is 73.0 Å². The highest BCUT2D eigenvalue weighted by molar-refractivity contribution is 5.33. The molecule has 0 radical (unpaired) electrons. The number of allylic oxidation sites excluding steroid dienone is 8. The van der Waals surface area contributed by atoms with Gasteiger partial charge in [-0.25, -0.2) is 0 Å². The van der Waals surface area contributed by atoms with Crippen LogP contribution in [0.1, 0.15) is 0 Å². The van der Waals surface area contributed by atoms with Crippen LogP contribution in [0.15, 0.2) is 48.6 Å². The molecular weight excluding hydrogens is 144 g/mol. The molecule has 0 fully saturated rings. The van der Waals surface area contributed by atoms with Crippen LogP contribution in [0.25, 0.3) is 0 Å². The second-order valence-corrected chi connectivity index (χ2v) is 2.01. The van der Waals surface area contributed by atoms with Gasteiger partial charge in [0.25, 0.3) is 0 Å². The first kappa shape index (κ1) is 8.18. The minimum absolute atomic E-state index is 1.73. The molecule has 0 saturated carbocycles. The van der Waals surface area contributed by atoms with Crippen molar-refractivity contribution in [2.24, 2.45) is 0 Å². The Morgan fingerprint density at radius 2 is 0.833 bits per heavy atom. The summed E-state index contributed by atoms with van der Waals surface area (Å²) in [6.07, 6.45) is 14.7. The molecule has 0 aromatic rings. The Hall–Kier alpha value is -1.92. The van der Waals surface area contributed by atoms with Crippen molar-refractivity contribution in [3.63, 3.8) is 0 Å². The molecule has 0 aliphatic heterocycles. The molecule has 0 amide bonds. The first-order valence-corrected chi connectivity index (χ1v) is 3.65. The van der Waals surface area contributed by atoms with E-state index in [1.54, 1.807) is 24.3 Å². The lowest BCUT2D eigenvalue weighted by molar-refractivity contribution is 1.90. The predicted molar refractivity (Wildman–Crippen MR) is 52.1 cm³/mol. The highest BCUT2D eigenvalue weighted by atomic mass is 13.7. The fourth-order valence-corrected chi connectivity index (χ4v) is 0.611. The predicted octanol–water partition coefficient (Wildman–Crippen LogP) is 2.23. The quantitative estimate of drug-likeness (QED) is 0.467. The second kappa shape index (κ2) is 5.83. The molecule has 0 saturated heterocycles. The van der Waals surface area contributed by atoms with E-state index < -0.39 is 0 Å². The monoisotopic (exact) mass is 152 g/mol. The zero-order valence-corrected chi connectivity index (χ0v) is 6.62. The summed E-state index contributed by atoms with van der Waals surface area (Å²) in [6.45, 7) is 0. The van der Waals surface area contributed by atoms with Gasteiger partial charge in [0, 0.05) is 0 Å². The highest BCUT2D eigenvalue weighted by Gasteiger charge is 1.63. The van der Waals surface area contributed by atoms with Gasteiger partial charge in [0.15, 0.2) is 0 Å². The highest BCUT2D eigenvalue weighted by Crippen LogP contribution is 1.80. The summed E-state index contributed by atoms with van der Waals surface area (Å²) in [7, 11) is 0. The van der Waals surface area contributed by atoms with E-state index in [0.29, 0.717) is 0 Å². The van der Waals surface area contributed by atoms with Gasteiger partial charge in [0.05, 0.1) is 0 Å². The molecule has 1 aliphatic carbocycles. The van der Waals surface area contributed by atoms with Gasteiger partial charge in [-0.2, -0.15) is 0 Å². The van der Waals surface area contributed by atoms with Crippen molar-refractivity contribution in [1.29, 1.82) is 0 Å². The molecule has 1 aliphatic rings. The summed E-state index contributed by atoms with van der Waals surface area (Å²) < 4.78 is 0. The zero-order valence-electron chi connectivity index (χ0n) is 6.62. The first-order valence-electron chi connectivity index (χ1n) is 3.65. The van der Waals surface area contributed by atoms with Crippen LogP contribution in [-0.2, 0) is 0 Å². The fourth-order valence-electron chi connectivity index (χ4n) is 0.611. The number of rotatable bonds is 0. The SMILES string of the molecule is C1#C/C=C/C=C\C=C\C#C/C=C/1. The van der Waals surface area contributed by atoms with Crippen molar-refractivity contribution in [3.8, 4) is 23.7 Å². The molecule has 0 spiro atoms. The van der Waals surface area contributed by atoms with E-state index in [0.717, 1.165) is 0 Å². The van der Waals surface area contributed by atoms with Crippen molar-refractivity contribution in [2.75, 3.05) is 0 Å². The van der Waals surface area contributed by atoms with E-state index in [1.807, 2.05) is 24.3 Å². The van der Waals surface area contributed by atoms with Crippen molar-refractivity contribution in [2.45, 2.75) is 0 Å². The van der Waals surface area contributed by atoms with Crippen molar-refractivity contribution in [3.05, 3.63) is 48.6 Å². The minimum Gasteiger partial charge on any atom is -0.0702 e. The van der Waals surface area contributed by atoms with Crippen molar-refractivity contribution in [1.82, 2.24) is 0 Å². The van der Waals surface area contributed by atoms with E-state index >= 15 is 0 Å². The Balaban J connectivity index is 2.78. The third-order valence-electron chi connectivity index (χ3n) is 1.11. The first-order chi connectivity index (χ1) is 6.00. The van der Waals surface area contributed by atoms with E-state index in [2.05, 4.69) is 23.7 Å². The van der Waals surface area contributed by atoms with E-state index in [1.165, 1.54) is 0 Å². The van der Waals surface area contributed by atoms with E-state index in [4.69, 9.17) is 0 Å². The maximum atomic E-state index is 2.84. The van der Waals surface area contributed by atoms with Gasteiger partial charge in [-0.15, -0.1) is 0 Å². The number of hydrogen-bond donors (Lipinski definition) is 0. The van der Waals surface area contributed by atoms with E-state index in [-0.39, 0.29) is 0 Å². The van der Waals surface area contributed by atoms with Gasteiger partial charge < -0.3 is 0 Å². The lowest BCUT2D eigenvalue weighted by atomic mass is 10.3. The maximum Gasteiger partial charge on any atom is -0.00316 e. The van der Waals surface area contributed by atoms with Crippen LogP contribution in [0.3, 0.4) is 0 Å². The van der Waals surface area contributed by atoms with Crippen molar-refractivity contribution < 1.29 is 0 Å². The normalized spacial score (nSPS) is 24.0. The summed E-state index contributed by atoms with van der Waals surface area (Å²) >= 11 is 0. The van der Waals surface area contributed by atoms with Crippen molar-refractivity contribution >= 4 is 0 Å². The molecule has 1 rings (SSSR count). The van der Waals surface area contributed by atoms with Crippen LogP contribution < -0.4 is 0 Å². The average molecular weight is 152 g/mol. The smallest absolute Gasteiger partial charge is 0.00316 e. The van der Waals surface area contributed by atoms with Crippen LogP contribution in [0.5, 0.6) is 0 Å². The van der Waals surface area contributed by atoms with Crippen LogP contribution >= 0.6 is 0 Å². The largest absolute Gasteiger partial charge is 0.0702 e. The van der Waals surface area contributed by atoms with Crippen LogP contribution in [0.2, 0.25) is 0 Å². The zero-order chi connectivity index (χ0) is 8.49. The summed E-state index contributed by atoms with van der Waals surface area (Å²) in [5.74, 6) is 11.3. The van der Waals surface area contributed by atoms with Gasteiger partial charge in [-0.1, -0.05) is 48.0 Å². The molecule has 0 atom stereocenters. The third-order valence-corrected chi connectivity index (χ3v) is 1.11. The second-order valence-electron chi connectivity index (χ2n) is 2.01. The lowest BCUT2D eigenvalue weighted by Crippen LogP contribution is -1.56. The summed E-state index contributed by atoms with van der Waals surface area (Å²) in [6, 6.07) is 0. The third kappa shape index (κ3) is 3.99. The van der Waals surface area contributed by atoms with E-state index in [9.17, 15) is 0 Å². The minimum atomic E-state index is 1.73. The van der Waals surface area contributed by atoms with Crippen LogP contribution in [-0.4, -0.2) is 0 Å². The lowest BCUT2D eigenvalue weighted by Gasteiger charge is -1.72. The molecule has 0 aromatic carbocycles. The molecule has 0 heteroatoms. The molecule has 0 unspecified atom stereocenters. The molecule has 56 valence electrons. The summed E-state index contributed by atoms with van der Waals surface area (Å²) in [4.78, 5) is 0. The van der Waals surface area contributed by atoms with Gasteiger partial charge in [-0.05, 0) is 24.3 Å². The fraction of sp³-hybridized carbons (Fsp3) is 0. The molecule has 0 nitrogen and oxygen atoms in total. The van der Waals surface area contributed by atoms with Crippen LogP contribution in [0.4, 0.5) is 0 Å². The van der Waals surface area contributed by atoms with Gasteiger partial charge >= 0.3 is 0 Å². The summed E-state index contributed by atoms with van der Waals surface area (Å²) in [5, 5.41) is 0. The number of hydrogen-bond acceptors (Lipinski definition) is 0. The Morgan fingerprint density at radius 3 is 1.33 bits per heavy atom. The van der Waals surface area contributed by atoms with Gasteiger partial charge in [0.2, 0.25) is 0 Å². The maximum absolute atomic E-state index is 2.84. The Bertz CT molecular complexity index is 318.